The summed E-state index contributed by atoms with van der Waals surface area (Å²) >= 11 is 0. The van der Waals surface area contributed by atoms with Crippen LogP contribution in [0.5, 0.6) is 0 Å². The summed E-state index contributed by atoms with van der Waals surface area (Å²) in [4.78, 5) is 7.78. The van der Waals surface area contributed by atoms with Crippen LogP contribution in [0.15, 0.2) is 70.2 Å². The Bertz CT molecular complexity index is 1110. The molecular weight excluding hydrogens is 338 g/mol. The zero-order valence-corrected chi connectivity index (χ0v) is 14.0. The van der Waals surface area contributed by atoms with Crippen molar-refractivity contribution in [1.29, 1.82) is 0 Å². The Hall–Kier alpha value is -2.93. The monoisotopic (exact) mass is 353 g/mol. The van der Waals surface area contributed by atoms with E-state index in [1.54, 1.807) is 30.3 Å². The molecule has 1 N–H and O–H groups in total. The molecule has 0 fully saturated rings. The van der Waals surface area contributed by atoms with Gasteiger partial charge in [-0.1, -0.05) is 29.4 Å². The Balaban J connectivity index is 1.55. The first kappa shape index (κ1) is 15.6. The van der Waals surface area contributed by atoms with Gasteiger partial charge >= 0.3 is 0 Å². The van der Waals surface area contributed by atoms with Crippen molar-refractivity contribution in [2.45, 2.75) is 11.3 Å². The van der Waals surface area contributed by atoms with Gasteiger partial charge < -0.3 is 9.51 Å². The summed E-state index contributed by atoms with van der Waals surface area (Å²) in [6.45, 7) is 0. The van der Waals surface area contributed by atoms with Gasteiger partial charge in [0.05, 0.1) is 10.6 Å². The number of benzene rings is 2. The Morgan fingerprint density at radius 2 is 1.84 bits per heavy atom. The van der Waals surface area contributed by atoms with Gasteiger partial charge in [-0.15, -0.1) is 0 Å². The summed E-state index contributed by atoms with van der Waals surface area (Å²) < 4.78 is 30.0. The number of fused-ring (bicyclic) bond motifs is 1. The lowest BCUT2D eigenvalue weighted by Gasteiger charge is -2.01. The van der Waals surface area contributed by atoms with Crippen LogP contribution in [0.2, 0.25) is 0 Å². The number of nitrogens with zero attached hydrogens (tertiary/aromatic N) is 2. The minimum atomic E-state index is -3.37. The Kier molecular flexibility index (Phi) is 3.85. The van der Waals surface area contributed by atoms with Crippen molar-refractivity contribution in [3.8, 4) is 11.5 Å². The smallest absolute Gasteiger partial charge is 0.258 e. The van der Waals surface area contributed by atoms with E-state index in [-0.39, 0.29) is 12.2 Å². The third kappa shape index (κ3) is 3.06. The normalized spacial score (nSPS) is 11.8. The maximum Gasteiger partial charge on any atom is 0.258 e. The first-order chi connectivity index (χ1) is 12.1. The molecule has 0 saturated heterocycles. The summed E-state index contributed by atoms with van der Waals surface area (Å²) in [5, 5.41) is 4.90. The number of nitrogens with one attached hydrogen (secondary N) is 1. The van der Waals surface area contributed by atoms with E-state index in [4.69, 9.17) is 4.52 Å². The van der Waals surface area contributed by atoms with Crippen molar-refractivity contribution in [1.82, 2.24) is 15.1 Å². The number of aryl methyl sites for hydroxylation is 1. The number of hydrogen-bond donors (Lipinski definition) is 1. The molecule has 4 rings (SSSR count). The predicted molar refractivity (Wildman–Crippen MR) is 93.8 cm³/mol. The second-order valence-electron chi connectivity index (χ2n) is 5.64. The standard InChI is InChI=1S/C18H15N3O3S/c22-25(23,13-5-2-1-3-6-13)12-10-17-20-18(24-21-17)15-7-4-8-16-14(15)9-11-19-16/h1-9,11,19H,10,12H2. The highest BCUT2D eigenvalue weighted by molar-refractivity contribution is 7.91. The van der Waals surface area contributed by atoms with Crippen LogP contribution in [0.25, 0.3) is 22.4 Å². The highest BCUT2D eigenvalue weighted by Gasteiger charge is 2.17. The molecule has 0 amide bonds. The molecule has 0 aliphatic rings. The van der Waals surface area contributed by atoms with Crippen LogP contribution in [0.4, 0.5) is 0 Å². The summed E-state index contributed by atoms with van der Waals surface area (Å²) in [6, 6.07) is 16.1. The average molecular weight is 353 g/mol. The lowest BCUT2D eigenvalue weighted by atomic mass is 10.1. The topological polar surface area (TPSA) is 88.9 Å². The van der Waals surface area contributed by atoms with E-state index in [0.717, 1.165) is 16.5 Å². The van der Waals surface area contributed by atoms with Crippen LogP contribution in [0.3, 0.4) is 0 Å². The number of sulfone groups is 1. The molecule has 0 spiro atoms. The van der Waals surface area contributed by atoms with Gasteiger partial charge in [0.2, 0.25) is 0 Å². The van der Waals surface area contributed by atoms with Crippen LogP contribution in [-0.2, 0) is 16.3 Å². The molecule has 0 aliphatic carbocycles. The largest absolute Gasteiger partial charge is 0.361 e. The summed E-state index contributed by atoms with van der Waals surface area (Å²) in [7, 11) is -3.37. The summed E-state index contributed by atoms with van der Waals surface area (Å²) in [5.41, 5.74) is 1.80. The number of rotatable bonds is 5. The minimum Gasteiger partial charge on any atom is -0.361 e. The number of aromatic amines is 1. The van der Waals surface area contributed by atoms with E-state index in [1.807, 2.05) is 30.5 Å². The Labute approximate surface area is 144 Å². The van der Waals surface area contributed by atoms with Gasteiger partial charge in [-0.25, -0.2) is 8.42 Å². The van der Waals surface area contributed by atoms with Crippen molar-refractivity contribution >= 4 is 20.7 Å². The van der Waals surface area contributed by atoms with E-state index in [1.165, 1.54) is 0 Å². The molecule has 2 aromatic carbocycles. The second kappa shape index (κ2) is 6.18. The maximum absolute atomic E-state index is 12.3. The molecule has 6 nitrogen and oxygen atoms in total. The molecule has 0 unspecified atom stereocenters. The maximum atomic E-state index is 12.3. The zero-order valence-electron chi connectivity index (χ0n) is 13.2. The zero-order chi connectivity index (χ0) is 17.3. The van der Waals surface area contributed by atoms with Crippen LogP contribution >= 0.6 is 0 Å². The van der Waals surface area contributed by atoms with E-state index in [2.05, 4.69) is 15.1 Å². The van der Waals surface area contributed by atoms with E-state index < -0.39 is 9.84 Å². The van der Waals surface area contributed by atoms with E-state index >= 15 is 0 Å². The first-order valence-electron chi connectivity index (χ1n) is 7.80. The van der Waals surface area contributed by atoms with Crippen molar-refractivity contribution < 1.29 is 12.9 Å². The molecule has 7 heteroatoms. The van der Waals surface area contributed by atoms with Gasteiger partial charge in [-0.3, -0.25) is 0 Å². The summed E-state index contributed by atoms with van der Waals surface area (Å²) in [6.07, 6.45) is 2.04. The number of H-pyrrole nitrogens is 1. The highest BCUT2D eigenvalue weighted by atomic mass is 32.2. The van der Waals surface area contributed by atoms with Gasteiger partial charge in [-0.05, 0) is 30.3 Å². The highest BCUT2D eigenvalue weighted by Crippen LogP contribution is 2.26. The van der Waals surface area contributed by atoms with Crippen LogP contribution < -0.4 is 0 Å². The fourth-order valence-electron chi connectivity index (χ4n) is 2.71. The summed E-state index contributed by atoms with van der Waals surface area (Å²) in [5.74, 6) is 0.698. The van der Waals surface area contributed by atoms with Crippen molar-refractivity contribution in [2.24, 2.45) is 0 Å². The fraction of sp³-hybridized carbons (Fsp3) is 0.111. The molecule has 2 heterocycles. The molecule has 0 aliphatic heterocycles. The second-order valence-corrected chi connectivity index (χ2v) is 7.75. The molecular formula is C18H15N3O3S. The third-order valence-corrected chi connectivity index (χ3v) is 5.72. The van der Waals surface area contributed by atoms with Gasteiger partial charge in [0.15, 0.2) is 15.7 Å². The molecule has 0 radical (unpaired) electrons. The van der Waals surface area contributed by atoms with Crippen molar-refractivity contribution in [3.05, 3.63) is 66.6 Å². The van der Waals surface area contributed by atoms with Crippen LogP contribution in [-0.4, -0.2) is 29.3 Å². The van der Waals surface area contributed by atoms with Crippen LogP contribution in [0, 0.1) is 0 Å². The predicted octanol–water partition coefficient (Wildman–Crippen LogP) is 3.23. The SMILES string of the molecule is O=S(=O)(CCc1noc(-c2cccc3[nH]ccc23)n1)c1ccccc1. The molecule has 4 aromatic rings. The lowest BCUT2D eigenvalue weighted by Crippen LogP contribution is -2.09. The van der Waals surface area contributed by atoms with Gasteiger partial charge in [0.1, 0.15) is 0 Å². The van der Waals surface area contributed by atoms with Crippen LogP contribution in [0.1, 0.15) is 5.82 Å². The average Bonchev–Trinajstić information content (AvgIpc) is 3.30. The van der Waals surface area contributed by atoms with Crippen molar-refractivity contribution in [3.63, 3.8) is 0 Å². The quantitative estimate of drug-likeness (QED) is 0.595. The molecule has 0 saturated carbocycles. The van der Waals surface area contributed by atoms with Gasteiger partial charge in [0, 0.05) is 29.1 Å². The minimum absolute atomic E-state index is 0.0651. The Morgan fingerprint density at radius 3 is 2.68 bits per heavy atom. The Morgan fingerprint density at radius 1 is 1.00 bits per heavy atom. The van der Waals surface area contributed by atoms with Gasteiger partial charge in [0.25, 0.3) is 5.89 Å². The van der Waals surface area contributed by atoms with Crippen molar-refractivity contribution in [2.75, 3.05) is 5.75 Å². The molecule has 0 bridgehead atoms. The third-order valence-electron chi connectivity index (χ3n) is 3.99. The first-order valence-corrected chi connectivity index (χ1v) is 9.45. The fourth-order valence-corrected chi connectivity index (χ4v) is 3.97. The lowest BCUT2D eigenvalue weighted by molar-refractivity contribution is 0.423. The van der Waals surface area contributed by atoms with E-state index in [0.29, 0.717) is 16.6 Å². The number of aromatic nitrogens is 3. The molecule has 25 heavy (non-hydrogen) atoms. The molecule has 2 aromatic heterocycles. The number of hydrogen-bond acceptors (Lipinski definition) is 5. The van der Waals surface area contributed by atoms with Gasteiger partial charge in [-0.2, -0.15) is 4.98 Å². The van der Waals surface area contributed by atoms with E-state index in [9.17, 15) is 8.42 Å². The molecule has 126 valence electrons. The molecule has 0 atom stereocenters.